The van der Waals surface area contributed by atoms with Crippen molar-refractivity contribution in [1.82, 2.24) is 4.90 Å². The van der Waals surface area contributed by atoms with E-state index < -0.39 is 10.8 Å². The Labute approximate surface area is 103 Å². The van der Waals surface area contributed by atoms with Crippen molar-refractivity contribution >= 4 is 23.1 Å². The van der Waals surface area contributed by atoms with E-state index in [0.29, 0.717) is 5.56 Å². The molecule has 2 amide bonds. The van der Waals surface area contributed by atoms with Gasteiger partial charge in [0.15, 0.2) is 0 Å². The molecule has 0 spiro atoms. The summed E-state index contributed by atoms with van der Waals surface area (Å²) in [6.45, 7) is 1.98. The van der Waals surface area contributed by atoms with Gasteiger partial charge in [-0.3, -0.25) is 24.6 Å². The minimum Gasteiger partial charge on any atom is -0.275 e. The highest BCUT2D eigenvalue weighted by Crippen LogP contribution is 2.25. The van der Waals surface area contributed by atoms with Gasteiger partial charge in [-0.1, -0.05) is 12.1 Å². The van der Waals surface area contributed by atoms with E-state index in [4.69, 9.17) is 0 Å². The zero-order valence-electron chi connectivity index (χ0n) is 9.62. The van der Waals surface area contributed by atoms with Crippen LogP contribution in [0.1, 0.15) is 12.5 Å². The Morgan fingerprint density at radius 3 is 2.61 bits per heavy atom. The van der Waals surface area contributed by atoms with Crippen LogP contribution < -0.4 is 0 Å². The summed E-state index contributed by atoms with van der Waals surface area (Å²) < 4.78 is 0. The first-order chi connectivity index (χ1) is 8.54. The molecule has 0 saturated carbocycles. The van der Waals surface area contributed by atoms with Crippen LogP contribution in [0.5, 0.6) is 0 Å². The summed E-state index contributed by atoms with van der Waals surface area (Å²) in [7, 11) is 0. The van der Waals surface area contributed by atoms with Gasteiger partial charge in [0, 0.05) is 24.8 Å². The molecular formula is C12H10N2O4. The van der Waals surface area contributed by atoms with Crippen LogP contribution >= 0.6 is 0 Å². The molecule has 0 atom stereocenters. The van der Waals surface area contributed by atoms with Gasteiger partial charge in [0.2, 0.25) is 0 Å². The Balaban J connectivity index is 2.42. The molecule has 0 saturated heterocycles. The number of rotatable bonds is 3. The van der Waals surface area contributed by atoms with E-state index in [2.05, 4.69) is 0 Å². The van der Waals surface area contributed by atoms with Crippen LogP contribution in [-0.2, 0) is 9.59 Å². The molecule has 0 unspecified atom stereocenters. The molecule has 1 aromatic carbocycles. The summed E-state index contributed by atoms with van der Waals surface area (Å²) in [5, 5.41) is 10.7. The highest BCUT2D eigenvalue weighted by molar-refractivity contribution is 6.33. The monoisotopic (exact) mass is 246 g/mol. The molecule has 0 aliphatic carbocycles. The third-order valence-electron chi connectivity index (χ3n) is 2.69. The van der Waals surface area contributed by atoms with Crippen molar-refractivity contribution in [3.8, 4) is 0 Å². The first-order valence-corrected chi connectivity index (χ1v) is 5.37. The third-order valence-corrected chi connectivity index (χ3v) is 2.69. The molecule has 1 aromatic rings. The van der Waals surface area contributed by atoms with E-state index in [1.54, 1.807) is 13.0 Å². The zero-order valence-corrected chi connectivity index (χ0v) is 9.62. The standard InChI is InChI=1S/C12H10N2O4/c1-2-13-11(15)7-10(12(13)16)8-4-3-5-9(6-8)14(17)18/h3-7H,2H2,1H3. The van der Waals surface area contributed by atoms with Gasteiger partial charge in [0.25, 0.3) is 17.5 Å². The van der Waals surface area contributed by atoms with Crippen molar-refractivity contribution in [2.45, 2.75) is 6.92 Å². The lowest BCUT2D eigenvalue weighted by atomic mass is 10.1. The van der Waals surface area contributed by atoms with Crippen molar-refractivity contribution in [2.75, 3.05) is 6.54 Å². The lowest BCUT2D eigenvalue weighted by molar-refractivity contribution is -0.384. The average Bonchev–Trinajstić information content (AvgIpc) is 2.64. The number of non-ortho nitro benzene ring substituents is 1. The molecule has 0 fully saturated rings. The van der Waals surface area contributed by atoms with E-state index in [-0.39, 0.29) is 23.7 Å². The molecule has 2 rings (SSSR count). The van der Waals surface area contributed by atoms with Gasteiger partial charge < -0.3 is 0 Å². The summed E-state index contributed by atoms with van der Waals surface area (Å²) in [5.74, 6) is -0.799. The quantitative estimate of drug-likeness (QED) is 0.458. The Kier molecular flexibility index (Phi) is 2.93. The number of benzene rings is 1. The summed E-state index contributed by atoms with van der Waals surface area (Å²) in [6.07, 6.45) is 1.21. The molecule has 92 valence electrons. The third kappa shape index (κ3) is 1.88. The van der Waals surface area contributed by atoms with E-state index in [1.165, 1.54) is 24.3 Å². The number of amides is 2. The van der Waals surface area contributed by atoms with Gasteiger partial charge in [-0.2, -0.15) is 0 Å². The van der Waals surface area contributed by atoms with Gasteiger partial charge in [0.05, 0.1) is 10.5 Å². The van der Waals surface area contributed by atoms with Gasteiger partial charge in [-0.15, -0.1) is 0 Å². The highest BCUT2D eigenvalue weighted by atomic mass is 16.6. The molecule has 18 heavy (non-hydrogen) atoms. The maximum Gasteiger partial charge on any atom is 0.270 e. The Hall–Kier alpha value is -2.50. The van der Waals surface area contributed by atoms with E-state index in [0.717, 1.165) is 4.90 Å². The summed E-state index contributed by atoms with van der Waals surface area (Å²) >= 11 is 0. The topological polar surface area (TPSA) is 80.5 Å². The van der Waals surface area contributed by atoms with Gasteiger partial charge in [-0.05, 0) is 12.5 Å². The first-order valence-electron chi connectivity index (χ1n) is 5.37. The molecule has 0 aromatic heterocycles. The number of likely N-dealkylation sites (N-methyl/N-ethyl adjacent to an activating group) is 1. The van der Waals surface area contributed by atoms with E-state index >= 15 is 0 Å². The molecular weight excluding hydrogens is 236 g/mol. The smallest absolute Gasteiger partial charge is 0.270 e. The first kappa shape index (κ1) is 12.0. The Bertz CT molecular complexity index is 577. The minimum atomic E-state index is -0.539. The number of nitro benzene ring substituents is 1. The fourth-order valence-corrected chi connectivity index (χ4v) is 1.80. The second kappa shape index (κ2) is 4.40. The number of carbonyl (C=O) groups excluding carboxylic acids is 2. The van der Waals surface area contributed by atoms with Crippen LogP contribution in [0.3, 0.4) is 0 Å². The van der Waals surface area contributed by atoms with Crippen molar-refractivity contribution in [1.29, 1.82) is 0 Å². The van der Waals surface area contributed by atoms with Crippen molar-refractivity contribution in [2.24, 2.45) is 0 Å². The fraction of sp³-hybridized carbons (Fsp3) is 0.167. The molecule has 1 heterocycles. The normalized spacial score (nSPS) is 14.9. The lowest BCUT2D eigenvalue weighted by Gasteiger charge is -2.11. The number of imide groups is 1. The predicted octanol–water partition coefficient (Wildman–Crippen LogP) is 1.37. The van der Waals surface area contributed by atoms with E-state index in [9.17, 15) is 19.7 Å². The summed E-state index contributed by atoms with van der Waals surface area (Å²) in [6, 6.07) is 5.68. The van der Waals surface area contributed by atoms with Crippen molar-refractivity contribution in [3.05, 3.63) is 46.0 Å². The van der Waals surface area contributed by atoms with Crippen LogP contribution in [-0.4, -0.2) is 28.2 Å². The molecule has 0 radical (unpaired) electrons. The Morgan fingerprint density at radius 2 is 2.06 bits per heavy atom. The average molecular weight is 246 g/mol. The van der Waals surface area contributed by atoms with Crippen LogP contribution in [0.4, 0.5) is 5.69 Å². The molecule has 0 N–H and O–H groups in total. The van der Waals surface area contributed by atoms with Crippen LogP contribution in [0.2, 0.25) is 0 Å². The number of nitro groups is 1. The van der Waals surface area contributed by atoms with Crippen LogP contribution in [0.15, 0.2) is 30.3 Å². The number of hydrogen-bond donors (Lipinski definition) is 0. The maximum absolute atomic E-state index is 11.9. The summed E-state index contributed by atoms with van der Waals surface area (Å²) in [5.41, 5.74) is 0.479. The zero-order chi connectivity index (χ0) is 13.3. The molecule has 1 aliphatic heterocycles. The van der Waals surface area contributed by atoms with Crippen molar-refractivity contribution in [3.63, 3.8) is 0 Å². The highest BCUT2D eigenvalue weighted by Gasteiger charge is 2.30. The maximum atomic E-state index is 11.9. The van der Waals surface area contributed by atoms with Crippen LogP contribution in [0.25, 0.3) is 5.57 Å². The Morgan fingerprint density at radius 1 is 1.33 bits per heavy atom. The lowest BCUT2D eigenvalue weighted by Crippen LogP contribution is -2.30. The van der Waals surface area contributed by atoms with E-state index in [1.807, 2.05) is 0 Å². The molecule has 6 nitrogen and oxygen atoms in total. The molecule has 1 aliphatic rings. The fourth-order valence-electron chi connectivity index (χ4n) is 1.80. The predicted molar refractivity (Wildman–Crippen MR) is 63.5 cm³/mol. The summed E-state index contributed by atoms with van der Waals surface area (Å²) in [4.78, 5) is 34.6. The second-order valence-corrected chi connectivity index (χ2v) is 3.75. The number of nitrogens with zero attached hydrogens (tertiary/aromatic N) is 2. The number of hydrogen-bond acceptors (Lipinski definition) is 4. The molecule has 0 bridgehead atoms. The largest absolute Gasteiger partial charge is 0.275 e. The SMILES string of the molecule is CCN1C(=O)C=C(c2cccc([N+](=O)[O-])c2)C1=O. The van der Waals surface area contributed by atoms with Gasteiger partial charge >= 0.3 is 0 Å². The minimum absolute atomic E-state index is 0.108. The number of carbonyl (C=O) groups is 2. The van der Waals surface area contributed by atoms with Gasteiger partial charge in [-0.25, -0.2) is 0 Å². The van der Waals surface area contributed by atoms with Crippen molar-refractivity contribution < 1.29 is 14.5 Å². The van der Waals surface area contributed by atoms with Gasteiger partial charge in [0.1, 0.15) is 0 Å². The van der Waals surface area contributed by atoms with Crippen LogP contribution in [0, 0.1) is 10.1 Å². The second-order valence-electron chi connectivity index (χ2n) is 3.75. The molecule has 6 heteroatoms.